The summed E-state index contributed by atoms with van der Waals surface area (Å²) in [6.07, 6.45) is 9.33. The first-order valence-electron chi connectivity index (χ1n) is 5.14. The fourth-order valence-electron chi connectivity index (χ4n) is 2.00. The molecule has 1 saturated carbocycles. The quantitative estimate of drug-likeness (QED) is 0.738. The largest absolute Gasteiger partial charge is 0.348 e. The third-order valence-electron chi connectivity index (χ3n) is 2.76. The number of nitrogens with one attached hydrogen (secondary N) is 2. The van der Waals surface area contributed by atoms with Crippen LogP contribution >= 0.6 is 0 Å². The molecule has 3 nitrogen and oxygen atoms in total. The van der Waals surface area contributed by atoms with Crippen molar-refractivity contribution in [3.05, 3.63) is 18.2 Å². The molecule has 1 fully saturated rings. The Morgan fingerprint density at radius 2 is 2.31 bits per heavy atom. The summed E-state index contributed by atoms with van der Waals surface area (Å²) < 4.78 is 0. The first-order valence-corrected chi connectivity index (χ1v) is 5.14. The van der Waals surface area contributed by atoms with E-state index in [4.69, 9.17) is 0 Å². The molecule has 0 amide bonds. The Labute approximate surface area is 79.0 Å². The topological polar surface area (TPSA) is 40.7 Å². The third kappa shape index (κ3) is 2.56. The number of aromatic amines is 1. The van der Waals surface area contributed by atoms with Gasteiger partial charge >= 0.3 is 0 Å². The van der Waals surface area contributed by atoms with Crippen LogP contribution in [0.15, 0.2) is 12.4 Å². The van der Waals surface area contributed by atoms with E-state index < -0.39 is 0 Å². The minimum Gasteiger partial charge on any atom is -0.348 e. The lowest BCUT2D eigenvalue weighted by Gasteiger charge is -2.08. The predicted octanol–water partition coefficient (Wildman–Crippen LogP) is 1.69. The molecular weight excluding hydrogens is 162 g/mol. The van der Waals surface area contributed by atoms with Gasteiger partial charge in [-0.1, -0.05) is 12.8 Å². The maximum Gasteiger partial charge on any atom is 0.120 e. The standard InChI is InChI=1S/C10H17N3/c1-2-4-9(3-1)7-11-8-10-12-5-6-13-10/h5-6,9,11H,1-4,7-8H2,(H,12,13). The lowest BCUT2D eigenvalue weighted by atomic mass is 10.1. The van der Waals surface area contributed by atoms with Gasteiger partial charge in [-0.2, -0.15) is 0 Å². The van der Waals surface area contributed by atoms with Gasteiger partial charge in [0.2, 0.25) is 0 Å². The minimum absolute atomic E-state index is 0.878. The van der Waals surface area contributed by atoms with E-state index in [1.54, 1.807) is 6.20 Å². The van der Waals surface area contributed by atoms with Crippen molar-refractivity contribution >= 4 is 0 Å². The molecule has 0 radical (unpaired) electrons. The van der Waals surface area contributed by atoms with E-state index in [9.17, 15) is 0 Å². The van der Waals surface area contributed by atoms with E-state index in [-0.39, 0.29) is 0 Å². The molecule has 0 aromatic carbocycles. The zero-order valence-electron chi connectivity index (χ0n) is 7.92. The van der Waals surface area contributed by atoms with E-state index in [0.29, 0.717) is 0 Å². The maximum absolute atomic E-state index is 4.16. The van der Waals surface area contributed by atoms with Crippen molar-refractivity contribution in [2.75, 3.05) is 6.54 Å². The molecular formula is C10H17N3. The summed E-state index contributed by atoms with van der Waals surface area (Å²) in [5.74, 6) is 1.95. The van der Waals surface area contributed by atoms with Crippen molar-refractivity contribution in [1.82, 2.24) is 15.3 Å². The van der Waals surface area contributed by atoms with Crippen LogP contribution in [-0.2, 0) is 6.54 Å². The van der Waals surface area contributed by atoms with Gasteiger partial charge in [-0.3, -0.25) is 0 Å². The lowest BCUT2D eigenvalue weighted by molar-refractivity contribution is 0.485. The molecule has 3 heteroatoms. The Bertz CT molecular complexity index is 224. The number of H-pyrrole nitrogens is 1. The average Bonchev–Trinajstić information content (AvgIpc) is 2.75. The van der Waals surface area contributed by atoms with Crippen LogP contribution in [0.3, 0.4) is 0 Å². The van der Waals surface area contributed by atoms with Gasteiger partial charge in [-0.15, -0.1) is 0 Å². The van der Waals surface area contributed by atoms with Gasteiger partial charge in [-0.05, 0) is 25.3 Å². The molecule has 0 aliphatic heterocycles. The summed E-state index contributed by atoms with van der Waals surface area (Å²) in [6.45, 7) is 2.03. The zero-order valence-corrected chi connectivity index (χ0v) is 7.92. The SMILES string of the molecule is c1c[nH]c(CNCC2CCCC2)n1. The first kappa shape index (κ1) is 8.75. The molecule has 0 spiro atoms. The number of hydrogen-bond acceptors (Lipinski definition) is 2. The first-order chi connectivity index (χ1) is 6.45. The molecule has 0 saturated heterocycles. The van der Waals surface area contributed by atoms with Crippen LogP contribution in [0, 0.1) is 5.92 Å². The van der Waals surface area contributed by atoms with E-state index in [0.717, 1.165) is 24.8 Å². The highest BCUT2D eigenvalue weighted by atomic mass is 15.0. The van der Waals surface area contributed by atoms with Crippen LogP contribution in [0.4, 0.5) is 0 Å². The van der Waals surface area contributed by atoms with E-state index in [2.05, 4.69) is 15.3 Å². The summed E-state index contributed by atoms with van der Waals surface area (Å²) in [7, 11) is 0. The molecule has 1 aliphatic carbocycles. The van der Waals surface area contributed by atoms with Gasteiger partial charge in [0.1, 0.15) is 5.82 Å². The van der Waals surface area contributed by atoms with Gasteiger partial charge < -0.3 is 10.3 Å². The summed E-state index contributed by atoms with van der Waals surface area (Å²) in [6, 6.07) is 0. The summed E-state index contributed by atoms with van der Waals surface area (Å²) in [5.41, 5.74) is 0. The summed E-state index contributed by atoms with van der Waals surface area (Å²) >= 11 is 0. The van der Waals surface area contributed by atoms with Crippen LogP contribution < -0.4 is 5.32 Å². The van der Waals surface area contributed by atoms with Crippen LogP contribution in [0.5, 0.6) is 0 Å². The van der Waals surface area contributed by atoms with Crippen molar-refractivity contribution in [2.45, 2.75) is 32.2 Å². The minimum atomic E-state index is 0.878. The molecule has 1 aliphatic rings. The number of hydrogen-bond donors (Lipinski definition) is 2. The van der Waals surface area contributed by atoms with Crippen LogP contribution in [0.1, 0.15) is 31.5 Å². The smallest absolute Gasteiger partial charge is 0.120 e. The highest BCUT2D eigenvalue weighted by Crippen LogP contribution is 2.23. The highest BCUT2D eigenvalue weighted by molar-refractivity contribution is 4.86. The Hall–Kier alpha value is -0.830. The molecule has 1 aromatic rings. The molecule has 2 rings (SSSR count). The van der Waals surface area contributed by atoms with Crippen molar-refractivity contribution in [3.63, 3.8) is 0 Å². The number of nitrogens with zero attached hydrogens (tertiary/aromatic N) is 1. The third-order valence-corrected chi connectivity index (χ3v) is 2.76. The van der Waals surface area contributed by atoms with Crippen molar-refractivity contribution in [2.24, 2.45) is 5.92 Å². The van der Waals surface area contributed by atoms with Gasteiger partial charge in [0, 0.05) is 12.4 Å². The van der Waals surface area contributed by atoms with Crippen LogP contribution in [0.2, 0.25) is 0 Å². The van der Waals surface area contributed by atoms with Crippen LogP contribution in [0.25, 0.3) is 0 Å². The van der Waals surface area contributed by atoms with Crippen molar-refractivity contribution in [3.8, 4) is 0 Å². The molecule has 0 bridgehead atoms. The Morgan fingerprint density at radius 1 is 1.46 bits per heavy atom. The molecule has 1 heterocycles. The lowest BCUT2D eigenvalue weighted by Crippen LogP contribution is -2.21. The molecule has 0 unspecified atom stereocenters. The number of aromatic nitrogens is 2. The van der Waals surface area contributed by atoms with Gasteiger partial charge in [-0.25, -0.2) is 4.98 Å². The fraction of sp³-hybridized carbons (Fsp3) is 0.700. The average molecular weight is 179 g/mol. The van der Waals surface area contributed by atoms with E-state index >= 15 is 0 Å². The van der Waals surface area contributed by atoms with Crippen molar-refractivity contribution < 1.29 is 0 Å². The number of rotatable bonds is 4. The Kier molecular flexibility index (Phi) is 2.98. The molecule has 1 aromatic heterocycles. The van der Waals surface area contributed by atoms with Crippen molar-refractivity contribution in [1.29, 1.82) is 0 Å². The maximum atomic E-state index is 4.16. The van der Waals surface area contributed by atoms with Gasteiger partial charge in [0.25, 0.3) is 0 Å². The molecule has 72 valence electrons. The molecule has 13 heavy (non-hydrogen) atoms. The van der Waals surface area contributed by atoms with E-state index in [1.165, 1.54) is 25.7 Å². The van der Waals surface area contributed by atoms with E-state index in [1.807, 2.05) is 6.20 Å². The second-order valence-corrected chi connectivity index (χ2v) is 3.82. The second kappa shape index (κ2) is 4.42. The Morgan fingerprint density at radius 3 is 3.00 bits per heavy atom. The monoisotopic (exact) mass is 179 g/mol. The number of imidazole rings is 1. The molecule has 2 N–H and O–H groups in total. The predicted molar refractivity (Wildman–Crippen MR) is 52.3 cm³/mol. The second-order valence-electron chi connectivity index (χ2n) is 3.82. The zero-order chi connectivity index (χ0) is 8.93. The normalized spacial score (nSPS) is 18.2. The van der Waals surface area contributed by atoms with Crippen LogP contribution in [-0.4, -0.2) is 16.5 Å². The van der Waals surface area contributed by atoms with Gasteiger partial charge in [0.05, 0.1) is 6.54 Å². The summed E-state index contributed by atoms with van der Waals surface area (Å²) in [4.78, 5) is 7.25. The fourth-order valence-corrected chi connectivity index (χ4v) is 2.00. The molecule has 0 atom stereocenters. The van der Waals surface area contributed by atoms with Gasteiger partial charge in [0.15, 0.2) is 0 Å². The Balaban J connectivity index is 1.63. The highest BCUT2D eigenvalue weighted by Gasteiger charge is 2.13. The summed E-state index contributed by atoms with van der Waals surface area (Å²) in [5, 5.41) is 3.44.